The van der Waals surface area contributed by atoms with E-state index in [0.717, 1.165) is 54.4 Å². The summed E-state index contributed by atoms with van der Waals surface area (Å²) in [6.45, 7) is 2.56. The standard InChI is InChI=1S/C37H51NO6/c1-2-3-4-5-6-7-8-9-10-11-12-13-14-15-16-21-26-43-35(39)27-34(36(40)41)38-37(42)44-28-33-31-24-19-17-22-29(31)30-23-18-20-25-32(30)33/h9-10,17-20,22-25,33-34H,2-8,11-16,21,26-28H2,1H3,(H,38,42)(H,40,41)/b10-9-/t34-/m0/s1. The number of amides is 1. The molecule has 0 aromatic heterocycles. The topological polar surface area (TPSA) is 102 Å². The molecule has 2 aromatic rings. The minimum absolute atomic E-state index is 0.0621. The van der Waals surface area contributed by atoms with Crippen LogP contribution in [0.1, 0.15) is 120 Å². The number of carbonyl (C=O) groups excluding carboxylic acids is 2. The molecule has 0 radical (unpaired) electrons. The first-order valence-electron chi connectivity index (χ1n) is 16.7. The summed E-state index contributed by atoms with van der Waals surface area (Å²) in [5.74, 6) is -2.10. The van der Waals surface area contributed by atoms with Gasteiger partial charge in [0.1, 0.15) is 12.6 Å². The van der Waals surface area contributed by atoms with Crippen LogP contribution in [-0.4, -0.2) is 42.4 Å². The maximum Gasteiger partial charge on any atom is 0.407 e. The Balaban J connectivity index is 1.23. The first-order valence-corrected chi connectivity index (χ1v) is 16.7. The summed E-state index contributed by atoms with van der Waals surface area (Å²) < 4.78 is 10.7. The van der Waals surface area contributed by atoms with Crippen molar-refractivity contribution in [2.24, 2.45) is 0 Å². The van der Waals surface area contributed by atoms with Crippen LogP contribution in [0.3, 0.4) is 0 Å². The molecule has 0 heterocycles. The van der Waals surface area contributed by atoms with Crippen LogP contribution in [0.2, 0.25) is 0 Å². The Labute approximate surface area is 263 Å². The fraction of sp³-hybridized carbons (Fsp3) is 0.541. The highest BCUT2D eigenvalue weighted by molar-refractivity contribution is 5.85. The summed E-state index contributed by atoms with van der Waals surface area (Å²) >= 11 is 0. The van der Waals surface area contributed by atoms with Gasteiger partial charge in [-0.05, 0) is 54.4 Å². The number of aliphatic carboxylic acids is 1. The Kier molecular flexibility index (Phi) is 16.1. The van der Waals surface area contributed by atoms with Gasteiger partial charge in [-0.1, -0.05) is 125 Å². The number of hydrogen-bond donors (Lipinski definition) is 2. The number of carbonyl (C=O) groups is 3. The first kappa shape index (κ1) is 34.9. The lowest BCUT2D eigenvalue weighted by Gasteiger charge is -2.17. The van der Waals surface area contributed by atoms with E-state index < -0.39 is 30.5 Å². The molecule has 0 bridgehead atoms. The lowest BCUT2D eigenvalue weighted by Crippen LogP contribution is -2.43. The van der Waals surface area contributed by atoms with Crippen molar-refractivity contribution >= 4 is 18.0 Å². The second-order valence-corrected chi connectivity index (χ2v) is 11.7. The summed E-state index contributed by atoms with van der Waals surface area (Å²) in [6.07, 6.45) is 20.0. The minimum atomic E-state index is -1.42. The molecule has 0 unspecified atom stereocenters. The molecule has 240 valence electrons. The van der Waals surface area contributed by atoms with E-state index in [1.165, 1.54) is 57.8 Å². The number of carboxylic acids is 1. The number of alkyl carbamates (subject to hydrolysis) is 1. The summed E-state index contributed by atoms with van der Waals surface area (Å²) in [7, 11) is 0. The van der Waals surface area contributed by atoms with Crippen LogP contribution in [0, 0.1) is 0 Å². The van der Waals surface area contributed by atoms with Gasteiger partial charge in [0.05, 0.1) is 13.0 Å². The third kappa shape index (κ3) is 12.2. The number of nitrogens with one attached hydrogen (secondary N) is 1. The second-order valence-electron chi connectivity index (χ2n) is 11.7. The van der Waals surface area contributed by atoms with Crippen molar-refractivity contribution in [3.05, 3.63) is 71.8 Å². The average molecular weight is 606 g/mol. The molecule has 0 fully saturated rings. The lowest BCUT2D eigenvalue weighted by molar-refractivity contribution is -0.149. The van der Waals surface area contributed by atoms with E-state index in [4.69, 9.17) is 9.47 Å². The molecule has 0 spiro atoms. The Morgan fingerprint density at radius 2 is 1.27 bits per heavy atom. The van der Waals surface area contributed by atoms with Crippen molar-refractivity contribution in [1.82, 2.24) is 5.32 Å². The molecule has 2 aromatic carbocycles. The van der Waals surface area contributed by atoms with Gasteiger partial charge in [-0.25, -0.2) is 9.59 Å². The summed E-state index contributed by atoms with van der Waals surface area (Å²) in [4.78, 5) is 36.5. The fourth-order valence-electron chi connectivity index (χ4n) is 5.74. The van der Waals surface area contributed by atoms with Crippen molar-refractivity contribution in [2.75, 3.05) is 13.2 Å². The second kappa shape index (κ2) is 20.4. The Bertz CT molecular complexity index is 1150. The quantitative estimate of drug-likeness (QED) is 0.0789. The van der Waals surface area contributed by atoms with Crippen LogP contribution in [0.5, 0.6) is 0 Å². The van der Waals surface area contributed by atoms with Crippen molar-refractivity contribution < 1.29 is 29.0 Å². The van der Waals surface area contributed by atoms with Crippen LogP contribution < -0.4 is 5.32 Å². The third-order valence-corrected chi connectivity index (χ3v) is 8.22. The molecule has 0 saturated carbocycles. The van der Waals surface area contributed by atoms with E-state index in [0.29, 0.717) is 0 Å². The van der Waals surface area contributed by atoms with Crippen LogP contribution in [0.4, 0.5) is 4.79 Å². The predicted octanol–water partition coefficient (Wildman–Crippen LogP) is 8.95. The van der Waals surface area contributed by atoms with Crippen LogP contribution in [0.25, 0.3) is 11.1 Å². The third-order valence-electron chi connectivity index (χ3n) is 8.22. The van der Waals surface area contributed by atoms with Crippen LogP contribution in [-0.2, 0) is 19.1 Å². The van der Waals surface area contributed by atoms with Gasteiger partial charge >= 0.3 is 18.0 Å². The molecule has 1 aliphatic rings. The zero-order chi connectivity index (χ0) is 31.4. The first-order chi connectivity index (χ1) is 21.5. The van der Waals surface area contributed by atoms with Gasteiger partial charge in [-0.2, -0.15) is 0 Å². The van der Waals surface area contributed by atoms with Gasteiger partial charge in [0.25, 0.3) is 0 Å². The molecule has 1 aliphatic carbocycles. The molecular weight excluding hydrogens is 554 g/mol. The van der Waals surface area contributed by atoms with Gasteiger partial charge in [0.2, 0.25) is 0 Å². The van der Waals surface area contributed by atoms with E-state index >= 15 is 0 Å². The fourth-order valence-corrected chi connectivity index (χ4v) is 5.74. The Hall–Kier alpha value is -3.61. The van der Waals surface area contributed by atoms with Gasteiger partial charge in [-0.3, -0.25) is 4.79 Å². The smallest absolute Gasteiger partial charge is 0.407 e. The summed E-state index contributed by atoms with van der Waals surface area (Å²) in [5.41, 5.74) is 4.33. The van der Waals surface area contributed by atoms with E-state index in [1.54, 1.807) is 0 Å². The SMILES string of the molecule is CCCCCCCC/C=C\CCCCCCCCOC(=O)C[C@H](NC(=O)OCC1c2ccccc2-c2ccccc21)C(=O)O. The number of fused-ring (bicyclic) bond motifs is 3. The number of ether oxygens (including phenoxy) is 2. The van der Waals surface area contributed by atoms with E-state index in [2.05, 4.69) is 24.4 Å². The number of carboxylic acid groups (broad SMARTS) is 1. The van der Waals surface area contributed by atoms with Crippen molar-refractivity contribution in [1.29, 1.82) is 0 Å². The monoisotopic (exact) mass is 605 g/mol. The molecule has 1 amide bonds. The van der Waals surface area contributed by atoms with Gasteiger partial charge in [0, 0.05) is 5.92 Å². The number of rotatable bonds is 22. The molecule has 2 N–H and O–H groups in total. The summed E-state index contributed by atoms with van der Waals surface area (Å²) in [5, 5.41) is 11.9. The van der Waals surface area contributed by atoms with Crippen molar-refractivity contribution in [3.8, 4) is 11.1 Å². The molecule has 0 saturated heterocycles. The van der Waals surface area contributed by atoms with E-state index in [-0.39, 0.29) is 19.1 Å². The van der Waals surface area contributed by atoms with Crippen molar-refractivity contribution in [2.45, 2.75) is 115 Å². The Morgan fingerprint density at radius 1 is 0.750 bits per heavy atom. The highest BCUT2D eigenvalue weighted by Gasteiger charge is 2.30. The molecule has 1 atom stereocenters. The lowest BCUT2D eigenvalue weighted by atomic mass is 9.98. The number of esters is 1. The predicted molar refractivity (Wildman–Crippen MR) is 175 cm³/mol. The normalized spacial score (nSPS) is 12.9. The number of hydrogen-bond acceptors (Lipinski definition) is 5. The minimum Gasteiger partial charge on any atom is -0.480 e. The zero-order valence-electron chi connectivity index (χ0n) is 26.4. The van der Waals surface area contributed by atoms with Crippen LogP contribution >= 0.6 is 0 Å². The highest BCUT2D eigenvalue weighted by Crippen LogP contribution is 2.44. The highest BCUT2D eigenvalue weighted by atomic mass is 16.6. The van der Waals surface area contributed by atoms with Crippen LogP contribution in [0.15, 0.2) is 60.7 Å². The molecule has 44 heavy (non-hydrogen) atoms. The largest absolute Gasteiger partial charge is 0.480 e. The maximum atomic E-state index is 12.5. The molecule has 0 aliphatic heterocycles. The average Bonchev–Trinajstić information content (AvgIpc) is 3.34. The molecular formula is C37H51NO6. The van der Waals surface area contributed by atoms with Gasteiger partial charge in [0.15, 0.2) is 0 Å². The zero-order valence-corrected chi connectivity index (χ0v) is 26.4. The molecule has 7 nitrogen and oxygen atoms in total. The maximum absolute atomic E-state index is 12.5. The van der Waals surface area contributed by atoms with E-state index in [1.807, 2.05) is 48.5 Å². The van der Waals surface area contributed by atoms with E-state index in [9.17, 15) is 19.5 Å². The van der Waals surface area contributed by atoms with Gasteiger partial charge in [-0.15, -0.1) is 0 Å². The number of allylic oxidation sites excluding steroid dienone is 2. The molecule has 7 heteroatoms. The van der Waals surface area contributed by atoms with Crippen molar-refractivity contribution in [3.63, 3.8) is 0 Å². The van der Waals surface area contributed by atoms with Gasteiger partial charge < -0.3 is 19.9 Å². The molecule has 3 rings (SSSR count). The number of benzene rings is 2. The summed E-state index contributed by atoms with van der Waals surface area (Å²) in [6, 6.07) is 14.5. The number of unbranched alkanes of at least 4 members (excludes halogenated alkanes) is 12. The Morgan fingerprint density at radius 3 is 1.84 bits per heavy atom.